The van der Waals surface area contributed by atoms with Gasteiger partial charge in [-0.2, -0.15) is 4.89 Å². The number of rotatable bonds is 8. The Balaban J connectivity index is 3.08. The van der Waals surface area contributed by atoms with E-state index in [1.807, 2.05) is 0 Å². The van der Waals surface area contributed by atoms with Gasteiger partial charge in [0.25, 0.3) is 0 Å². The lowest BCUT2D eigenvalue weighted by atomic mass is 10.6. The maximum absolute atomic E-state index is 7.59. The summed E-state index contributed by atoms with van der Waals surface area (Å²) in [5, 5.41) is 31.8. The van der Waals surface area contributed by atoms with Gasteiger partial charge >= 0.3 is 0 Å². The minimum Gasteiger partial charge on any atom is -0.309 e. The zero-order chi connectivity index (χ0) is 9.23. The second-order valence-electron chi connectivity index (χ2n) is 1.24. The first kappa shape index (κ1) is 11.2. The average Bonchev–Trinajstić information content (AvgIpc) is 2.09. The summed E-state index contributed by atoms with van der Waals surface area (Å²) in [6.07, 6.45) is 0. The minimum absolute atomic E-state index is 0.106. The van der Waals surface area contributed by atoms with Crippen LogP contribution < -0.4 is 0 Å². The van der Waals surface area contributed by atoms with E-state index < -0.39 is 0 Å². The molecule has 12 heavy (non-hydrogen) atoms. The molecule has 0 aromatic heterocycles. The van der Waals surface area contributed by atoms with Gasteiger partial charge in [0.1, 0.15) is 6.61 Å². The van der Waals surface area contributed by atoms with Gasteiger partial charge in [-0.3, -0.25) is 0 Å². The van der Waals surface area contributed by atoms with Crippen molar-refractivity contribution in [3.63, 3.8) is 0 Å². The van der Waals surface area contributed by atoms with E-state index in [9.17, 15) is 0 Å². The van der Waals surface area contributed by atoms with Crippen molar-refractivity contribution >= 4 is 0 Å². The fraction of sp³-hybridized carbons (Fsp3) is 0.333. The summed E-state index contributed by atoms with van der Waals surface area (Å²) in [7, 11) is 0. The van der Waals surface area contributed by atoms with Gasteiger partial charge < -0.3 is 4.89 Å². The molecule has 0 radical (unpaired) electrons. The van der Waals surface area contributed by atoms with Crippen molar-refractivity contribution in [3.8, 4) is 0 Å². The standard InChI is InChI=1S/C3H6O9/c1-3(7-11-8-4)2-6-10-12-9-5/h4-5H,1-2H2. The zero-order valence-electron chi connectivity index (χ0n) is 5.67. The van der Waals surface area contributed by atoms with Crippen LogP contribution in [0, 0.1) is 0 Å². The summed E-state index contributed by atoms with van der Waals surface area (Å²) in [5.74, 6) is -0.106. The molecule has 0 aliphatic rings. The first-order chi connectivity index (χ1) is 5.81. The quantitative estimate of drug-likeness (QED) is 0.237. The Hall–Kier alpha value is -0.780. The van der Waals surface area contributed by atoms with Crippen LogP contribution in [0.5, 0.6) is 0 Å². The SMILES string of the molecule is C=C(COOOOO)OOOO. The van der Waals surface area contributed by atoms with Crippen LogP contribution in [0.1, 0.15) is 0 Å². The molecular weight excluding hydrogens is 180 g/mol. The molecule has 0 aromatic rings. The van der Waals surface area contributed by atoms with Crippen LogP contribution in [0.15, 0.2) is 12.3 Å². The van der Waals surface area contributed by atoms with Crippen LogP contribution in [0.4, 0.5) is 0 Å². The number of hydrogen-bond acceptors (Lipinski definition) is 9. The topological polar surface area (TPSA) is 105 Å². The molecule has 9 heteroatoms. The number of hydrogen-bond donors (Lipinski definition) is 2. The summed E-state index contributed by atoms with van der Waals surface area (Å²) in [6, 6.07) is 0. The molecule has 0 fully saturated rings. The Morgan fingerprint density at radius 2 is 1.75 bits per heavy atom. The lowest BCUT2D eigenvalue weighted by Gasteiger charge is -2.01. The molecule has 0 aliphatic carbocycles. The van der Waals surface area contributed by atoms with Crippen molar-refractivity contribution in [2.45, 2.75) is 0 Å². The van der Waals surface area contributed by atoms with E-state index in [1.54, 1.807) is 0 Å². The molecule has 0 aromatic carbocycles. The van der Waals surface area contributed by atoms with Gasteiger partial charge in [-0.15, -0.1) is 0 Å². The highest BCUT2D eigenvalue weighted by Crippen LogP contribution is 1.96. The maximum Gasteiger partial charge on any atom is 0.167 e. The van der Waals surface area contributed by atoms with E-state index in [4.69, 9.17) is 10.5 Å². The summed E-state index contributed by atoms with van der Waals surface area (Å²) < 4.78 is 0. The summed E-state index contributed by atoms with van der Waals surface area (Å²) >= 11 is 0. The first-order valence-corrected chi connectivity index (χ1v) is 2.40. The molecule has 72 valence electrons. The second-order valence-corrected chi connectivity index (χ2v) is 1.24. The largest absolute Gasteiger partial charge is 0.309 e. The lowest BCUT2D eigenvalue weighted by molar-refractivity contribution is -0.702. The summed E-state index contributed by atoms with van der Waals surface area (Å²) in [5.41, 5.74) is 0. The van der Waals surface area contributed by atoms with Crippen molar-refractivity contribution in [2.75, 3.05) is 6.61 Å². The first-order valence-electron chi connectivity index (χ1n) is 2.40. The highest BCUT2D eigenvalue weighted by Gasteiger charge is 1.98. The molecule has 2 N–H and O–H groups in total. The normalized spacial score (nSPS) is 9.83. The Labute approximate surface area is 65.7 Å². The van der Waals surface area contributed by atoms with Crippen LogP contribution in [-0.2, 0) is 35.0 Å². The molecule has 0 heterocycles. The Bertz CT molecular complexity index is 112. The molecule has 0 unspecified atom stereocenters. The van der Waals surface area contributed by atoms with Crippen LogP contribution in [0.3, 0.4) is 0 Å². The molecule has 0 rings (SSSR count). The van der Waals surface area contributed by atoms with Crippen LogP contribution >= 0.6 is 0 Å². The molecule has 0 saturated carbocycles. The van der Waals surface area contributed by atoms with E-state index in [0.29, 0.717) is 0 Å². The lowest BCUT2D eigenvalue weighted by Crippen LogP contribution is -2.03. The molecule has 0 amide bonds. The molecule has 0 saturated heterocycles. The predicted molar refractivity (Wildman–Crippen MR) is 26.9 cm³/mol. The minimum atomic E-state index is -0.313. The van der Waals surface area contributed by atoms with Gasteiger partial charge in [-0.1, -0.05) is 6.58 Å². The summed E-state index contributed by atoms with van der Waals surface area (Å²) in [6.45, 7) is 2.87. The Kier molecular flexibility index (Phi) is 7.78. The predicted octanol–water partition coefficient (Wildman–Crippen LogP) is 0.137. The monoisotopic (exact) mass is 186 g/mol. The Morgan fingerprint density at radius 3 is 2.33 bits per heavy atom. The molecule has 0 spiro atoms. The summed E-state index contributed by atoms with van der Waals surface area (Å²) in [4.78, 5) is 8.12. The molecule has 0 atom stereocenters. The molecular formula is C3H6O9. The highest BCUT2D eigenvalue weighted by molar-refractivity contribution is 4.78. The van der Waals surface area contributed by atoms with Crippen molar-refractivity contribution in [1.29, 1.82) is 0 Å². The average molecular weight is 186 g/mol. The molecule has 9 nitrogen and oxygen atoms in total. The van der Waals surface area contributed by atoms with Gasteiger partial charge in [0.15, 0.2) is 5.76 Å². The van der Waals surface area contributed by atoms with E-state index in [2.05, 4.69) is 41.5 Å². The third kappa shape index (κ3) is 7.33. The zero-order valence-corrected chi connectivity index (χ0v) is 5.67. The second kappa shape index (κ2) is 8.32. The molecule has 0 aliphatic heterocycles. The van der Waals surface area contributed by atoms with Crippen LogP contribution in [-0.4, -0.2) is 17.1 Å². The van der Waals surface area contributed by atoms with E-state index in [0.717, 1.165) is 0 Å². The van der Waals surface area contributed by atoms with Crippen molar-refractivity contribution in [2.24, 2.45) is 0 Å². The van der Waals surface area contributed by atoms with E-state index in [1.165, 1.54) is 0 Å². The highest BCUT2D eigenvalue weighted by atomic mass is 17.8. The van der Waals surface area contributed by atoms with Gasteiger partial charge in [0.2, 0.25) is 0 Å². The van der Waals surface area contributed by atoms with Gasteiger partial charge in [0.05, 0.1) is 0 Å². The molecule has 0 bridgehead atoms. The third-order valence-electron chi connectivity index (χ3n) is 0.509. The fourth-order valence-electron chi connectivity index (χ4n) is 0.209. The van der Waals surface area contributed by atoms with Crippen LogP contribution in [0.2, 0.25) is 0 Å². The third-order valence-corrected chi connectivity index (χ3v) is 0.509. The van der Waals surface area contributed by atoms with Crippen molar-refractivity contribution < 1.29 is 45.5 Å². The van der Waals surface area contributed by atoms with E-state index >= 15 is 0 Å². The van der Waals surface area contributed by atoms with Gasteiger partial charge in [0, 0.05) is 5.04 Å². The van der Waals surface area contributed by atoms with Gasteiger partial charge in [-0.25, -0.2) is 10.5 Å². The van der Waals surface area contributed by atoms with Gasteiger partial charge in [-0.05, 0) is 20.2 Å². The van der Waals surface area contributed by atoms with Crippen LogP contribution in [0.25, 0.3) is 0 Å². The smallest absolute Gasteiger partial charge is 0.167 e. The fourth-order valence-corrected chi connectivity index (χ4v) is 0.209. The maximum atomic E-state index is 7.59. The van der Waals surface area contributed by atoms with Crippen molar-refractivity contribution in [3.05, 3.63) is 12.3 Å². The van der Waals surface area contributed by atoms with E-state index in [-0.39, 0.29) is 12.4 Å². The van der Waals surface area contributed by atoms with Crippen molar-refractivity contribution in [1.82, 2.24) is 0 Å². The Morgan fingerprint density at radius 1 is 1.08 bits per heavy atom.